The number of hydrogen-bond donors (Lipinski definition) is 3. The van der Waals surface area contributed by atoms with Crippen molar-refractivity contribution >= 4 is 86.5 Å². The highest BCUT2D eigenvalue weighted by molar-refractivity contribution is 6.01. The number of nitrogens with zero attached hydrogens (tertiary/aromatic N) is 6. The van der Waals surface area contributed by atoms with Gasteiger partial charge in [0, 0.05) is 59.7 Å². The van der Waals surface area contributed by atoms with Crippen LogP contribution < -0.4 is 33.0 Å². The number of imidazole rings is 3. The fraction of sp³-hybridized carbons (Fsp3) is 0.615. The average molecular weight is 1410 g/mol. The van der Waals surface area contributed by atoms with Gasteiger partial charge in [0.25, 0.3) is 0 Å². The molecule has 3 aromatic carbocycles. The quantitative estimate of drug-likeness (QED) is 0.0489. The molecule has 6 fully saturated rings. The molecule has 102 heavy (non-hydrogen) atoms. The van der Waals surface area contributed by atoms with Gasteiger partial charge in [0.2, 0.25) is 35.4 Å². The van der Waals surface area contributed by atoms with E-state index in [1.807, 2.05) is 117 Å². The fourth-order valence-electron chi connectivity index (χ4n) is 16.1. The van der Waals surface area contributed by atoms with Crippen LogP contribution in [0.15, 0.2) is 69.0 Å². The summed E-state index contributed by atoms with van der Waals surface area (Å²) in [5, 5.41) is 7.03. The first-order valence-corrected chi connectivity index (χ1v) is 36.8. The van der Waals surface area contributed by atoms with Crippen molar-refractivity contribution in [3.05, 3.63) is 103 Å². The molecule has 3 atom stereocenters. The molecule has 6 aliphatic rings. The maximum atomic E-state index is 12.9. The van der Waals surface area contributed by atoms with E-state index in [9.17, 15) is 57.5 Å². The smallest absolute Gasteiger partial charge is 0.329 e. The largest absolute Gasteiger partial charge is 0.460 e. The molecule has 3 saturated heterocycles. The molecule has 6 heterocycles. The second kappa shape index (κ2) is 31.5. The Balaban J connectivity index is 0.000000165. The summed E-state index contributed by atoms with van der Waals surface area (Å²) >= 11 is 0. The Hall–Kier alpha value is -8.70. The summed E-state index contributed by atoms with van der Waals surface area (Å²) in [5.74, 6) is 0.325. The summed E-state index contributed by atoms with van der Waals surface area (Å²) in [6.45, 7) is 17.1. The van der Waals surface area contributed by atoms with Crippen LogP contribution in [0.5, 0.6) is 0 Å². The number of hydrogen-bond acceptors (Lipinski definition) is 15. The molecule has 552 valence electrons. The monoisotopic (exact) mass is 1410 g/mol. The van der Waals surface area contributed by atoms with Crippen LogP contribution in [0.4, 0.5) is 0 Å². The highest BCUT2D eigenvalue weighted by Crippen LogP contribution is 2.38. The molecule has 3 aliphatic carbocycles. The van der Waals surface area contributed by atoms with Crippen molar-refractivity contribution in [3.8, 4) is 0 Å². The third kappa shape index (κ3) is 18.9. The maximum Gasteiger partial charge on any atom is 0.329 e. The maximum absolute atomic E-state index is 12.9. The van der Waals surface area contributed by atoms with Crippen molar-refractivity contribution in [1.82, 2.24) is 43.4 Å². The number of esters is 3. The van der Waals surface area contributed by atoms with Crippen LogP contribution in [0.1, 0.15) is 232 Å². The van der Waals surface area contributed by atoms with E-state index in [2.05, 4.69) is 16.0 Å². The summed E-state index contributed by atoms with van der Waals surface area (Å²) in [6.07, 6.45) is 18.5. The van der Waals surface area contributed by atoms with E-state index in [0.717, 1.165) is 113 Å². The lowest BCUT2D eigenvalue weighted by Gasteiger charge is -2.29. The van der Waals surface area contributed by atoms with Gasteiger partial charge >= 0.3 is 35.0 Å². The van der Waals surface area contributed by atoms with E-state index >= 15 is 0 Å². The number of piperidine rings is 3. The minimum absolute atomic E-state index is 0.108. The molecule has 6 amide bonds. The predicted molar refractivity (Wildman–Crippen MR) is 385 cm³/mol. The second-order valence-electron chi connectivity index (χ2n) is 32.6. The Morgan fingerprint density at radius 3 is 0.784 bits per heavy atom. The van der Waals surface area contributed by atoms with Crippen molar-refractivity contribution in [3.63, 3.8) is 0 Å². The zero-order valence-electron chi connectivity index (χ0n) is 61.7. The molecule has 3 aromatic heterocycles. The summed E-state index contributed by atoms with van der Waals surface area (Å²) < 4.78 is 25.7. The molecule has 3 unspecified atom stereocenters. The van der Waals surface area contributed by atoms with Crippen molar-refractivity contribution in [2.75, 3.05) is 0 Å². The van der Waals surface area contributed by atoms with Crippen LogP contribution in [0.2, 0.25) is 0 Å². The van der Waals surface area contributed by atoms with Crippen LogP contribution in [0, 0.1) is 35.5 Å². The summed E-state index contributed by atoms with van der Waals surface area (Å²) in [5.41, 5.74) is 5.97. The van der Waals surface area contributed by atoms with Crippen molar-refractivity contribution < 1.29 is 57.4 Å². The van der Waals surface area contributed by atoms with E-state index in [1.54, 1.807) is 34.8 Å². The number of amides is 6. The number of carbonyl (C=O) groups excluding carboxylic acids is 9. The number of benzene rings is 3. The first kappa shape index (κ1) is 76.0. The standard InChI is InChI=1S/3C26H35N3O5/c3*1-26(2,3)34-23(31)15-17-7-5-16(6-8-17)13-18-9-10-19-21(14-18)28(4)25(33)29(19)20-11-12-22(30)27-24(20)32/h3*9-10,14,16-17,20H,5-8,11-13,15H2,1-4H3,(H,27,30,32). The lowest BCUT2D eigenvalue weighted by molar-refractivity contribution is -0.157. The van der Waals surface area contributed by atoms with Crippen molar-refractivity contribution in [1.29, 1.82) is 0 Å². The minimum atomic E-state index is -0.667. The number of fused-ring (bicyclic) bond motifs is 3. The molecule has 0 radical (unpaired) electrons. The van der Waals surface area contributed by atoms with Gasteiger partial charge < -0.3 is 14.2 Å². The molecular weight excluding hydrogens is 1300 g/mol. The summed E-state index contributed by atoms with van der Waals surface area (Å²) in [6, 6.07) is 16.0. The molecule has 24 heteroatoms. The molecule has 0 spiro atoms. The van der Waals surface area contributed by atoms with Gasteiger partial charge in [-0.1, -0.05) is 18.2 Å². The van der Waals surface area contributed by atoms with Crippen LogP contribution in [0.25, 0.3) is 33.1 Å². The molecular formula is C78H105N9O15. The number of ether oxygens (including phenoxy) is 3. The fourth-order valence-corrected chi connectivity index (χ4v) is 16.1. The number of aryl methyl sites for hydroxylation is 3. The van der Waals surface area contributed by atoms with Gasteiger partial charge in [-0.3, -0.25) is 86.5 Å². The van der Waals surface area contributed by atoms with Gasteiger partial charge in [0.05, 0.1) is 33.1 Å². The Labute approximate surface area is 595 Å². The zero-order valence-corrected chi connectivity index (χ0v) is 61.7. The number of aromatic nitrogens is 6. The number of nitrogens with one attached hydrogen (secondary N) is 3. The molecule has 3 saturated carbocycles. The molecule has 0 bridgehead atoms. The van der Waals surface area contributed by atoms with Crippen LogP contribution in [-0.2, 0) is 97.8 Å². The highest BCUT2D eigenvalue weighted by Gasteiger charge is 2.36. The lowest BCUT2D eigenvalue weighted by atomic mass is 9.78. The minimum Gasteiger partial charge on any atom is -0.460 e. The van der Waals surface area contributed by atoms with E-state index in [0.29, 0.717) is 90.6 Å². The first-order valence-electron chi connectivity index (χ1n) is 36.8. The zero-order chi connectivity index (χ0) is 73.9. The number of imide groups is 3. The second-order valence-corrected chi connectivity index (χ2v) is 32.6. The third-order valence-corrected chi connectivity index (χ3v) is 21.1. The summed E-state index contributed by atoms with van der Waals surface area (Å²) in [4.78, 5) is 147. The normalized spacial score (nSPS) is 23.7. The third-order valence-electron chi connectivity index (χ3n) is 21.1. The van der Waals surface area contributed by atoms with Gasteiger partial charge in [0.1, 0.15) is 34.9 Å². The van der Waals surface area contributed by atoms with Crippen LogP contribution >= 0.6 is 0 Å². The topological polar surface area (TPSA) is 298 Å². The van der Waals surface area contributed by atoms with Gasteiger partial charge in [-0.15, -0.1) is 0 Å². The first-order chi connectivity index (χ1) is 48.0. The van der Waals surface area contributed by atoms with Gasteiger partial charge in [0.15, 0.2) is 0 Å². The van der Waals surface area contributed by atoms with E-state index in [1.165, 1.54) is 30.4 Å². The van der Waals surface area contributed by atoms with Gasteiger partial charge in [-0.05, 0) is 266 Å². The van der Waals surface area contributed by atoms with Crippen LogP contribution in [0.3, 0.4) is 0 Å². The molecule has 12 rings (SSSR count). The molecule has 24 nitrogen and oxygen atoms in total. The molecule has 6 aromatic rings. The Bertz CT molecular complexity index is 3920. The van der Waals surface area contributed by atoms with Crippen molar-refractivity contribution in [2.45, 2.75) is 251 Å². The van der Waals surface area contributed by atoms with Crippen molar-refractivity contribution in [2.24, 2.45) is 56.7 Å². The Kier molecular flexibility index (Phi) is 23.5. The Morgan fingerprint density at radius 1 is 0.343 bits per heavy atom. The predicted octanol–water partition coefficient (Wildman–Crippen LogP) is 10.2. The average Bonchev–Trinajstić information content (AvgIpc) is 1.62. The molecule has 3 N–H and O–H groups in total. The number of carbonyl (C=O) groups is 9. The van der Waals surface area contributed by atoms with Gasteiger partial charge in [-0.25, -0.2) is 14.4 Å². The van der Waals surface area contributed by atoms with Crippen LogP contribution in [-0.4, -0.2) is 97.6 Å². The van der Waals surface area contributed by atoms with E-state index < -0.39 is 52.7 Å². The van der Waals surface area contributed by atoms with Gasteiger partial charge in [-0.2, -0.15) is 0 Å². The molecule has 3 aliphatic heterocycles. The van der Waals surface area contributed by atoms with E-state index in [-0.39, 0.29) is 72.0 Å². The number of rotatable bonds is 15. The van der Waals surface area contributed by atoms with E-state index in [4.69, 9.17) is 14.2 Å². The Morgan fingerprint density at radius 2 is 0.569 bits per heavy atom. The SMILES string of the molecule is Cn1c(=O)n(C2CCC(=O)NC2=O)c2ccc(CC3CCC(CC(=O)OC(C)(C)C)CC3)cc21.Cn1c(=O)n(C2CCC(=O)NC2=O)c2ccc(CC3CCC(CC(=O)OC(C)(C)C)CC3)cc21.Cn1c(=O)n(C2CCC(=O)NC2=O)c2ccc(CC3CCC(CC(=O)OC(C)(C)C)CC3)cc21. The highest BCUT2D eigenvalue weighted by atomic mass is 16.6. The lowest BCUT2D eigenvalue weighted by Crippen LogP contribution is -2.44. The summed E-state index contributed by atoms with van der Waals surface area (Å²) in [7, 11) is 5.16.